The second-order valence-corrected chi connectivity index (χ2v) is 6.07. The summed E-state index contributed by atoms with van der Waals surface area (Å²) in [7, 11) is 1.55. The van der Waals surface area contributed by atoms with Crippen molar-refractivity contribution < 1.29 is 14.9 Å². The fourth-order valence-corrected chi connectivity index (χ4v) is 3.87. The lowest BCUT2D eigenvalue weighted by atomic mass is 9.67. The van der Waals surface area contributed by atoms with Crippen LogP contribution in [0, 0.1) is 5.92 Å². The molecule has 1 aromatic carbocycles. The molecular weight excluding hydrogens is 254 g/mol. The molecule has 1 heterocycles. The van der Waals surface area contributed by atoms with Gasteiger partial charge in [0.05, 0.1) is 12.7 Å². The Balaban J connectivity index is 1.90. The molecule has 0 radical (unpaired) electrons. The van der Waals surface area contributed by atoms with Gasteiger partial charge in [-0.1, -0.05) is 18.9 Å². The van der Waals surface area contributed by atoms with E-state index in [9.17, 15) is 10.2 Å². The van der Waals surface area contributed by atoms with Crippen LogP contribution in [0.25, 0.3) is 0 Å². The van der Waals surface area contributed by atoms with E-state index in [4.69, 9.17) is 4.74 Å². The van der Waals surface area contributed by atoms with Crippen molar-refractivity contribution in [2.24, 2.45) is 5.92 Å². The summed E-state index contributed by atoms with van der Waals surface area (Å²) < 4.78 is 5.09. The summed E-state index contributed by atoms with van der Waals surface area (Å²) in [5.74, 6) is 0.887. The number of aromatic hydroxyl groups is 1. The summed E-state index contributed by atoms with van der Waals surface area (Å²) in [5.41, 5.74) is 0.498. The number of benzene rings is 1. The van der Waals surface area contributed by atoms with Crippen LogP contribution in [0.1, 0.15) is 43.7 Å². The number of aliphatic hydroxyl groups is 1. The number of ether oxygens (including phenoxy) is 1. The monoisotopic (exact) mass is 277 g/mol. The average molecular weight is 277 g/mol. The Morgan fingerprint density at radius 3 is 2.90 bits per heavy atom. The van der Waals surface area contributed by atoms with Crippen molar-refractivity contribution in [3.63, 3.8) is 0 Å². The molecule has 4 heteroatoms. The van der Waals surface area contributed by atoms with Gasteiger partial charge in [-0.2, -0.15) is 0 Å². The van der Waals surface area contributed by atoms with E-state index in [1.165, 1.54) is 6.42 Å². The van der Waals surface area contributed by atoms with E-state index in [-0.39, 0.29) is 17.7 Å². The van der Waals surface area contributed by atoms with E-state index in [2.05, 4.69) is 5.32 Å². The number of hydrogen-bond acceptors (Lipinski definition) is 4. The van der Waals surface area contributed by atoms with Crippen molar-refractivity contribution >= 4 is 0 Å². The molecule has 1 saturated heterocycles. The number of nitrogens with one attached hydrogen (secondary N) is 1. The Kier molecular flexibility index (Phi) is 3.61. The van der Waals surface area contributed by atoms with E-state index in [1.54, 1.807) is 19.2 Å². The molecule has 110 valence electrons. The average Bonchev–Trinajstić information content (AvgIpc) is 2.45. The highest BCUT2D eigenvalue weighted by molar-refractivity contribution is 5.43. The molecule has 0 spiro atoms. The number of phenolic OH excluding ortho intramolecular Hbond substituents is 1. The Morgan fingerprint density at radius 2 is 2.15 bits per heavy atom. The Morgan fingerprint density at radius 1 is 1.30 bits per heavy atom. The third kappa shape index (κ3) is 2.27. The van der Waals surface area contributed by atoms with Crippen LogP contribution in [0.5, 0.6) is 11.5 Å². The van der Waals surface area contributed by atoms with Gasteiger partial charge >= 0.3 is 0 Å². The summed E-state index contributed by atoms with van der Waals surface area (Å²) in [6.07, 6.45) is 5.07. The van der Waals surface area contributed by atoms with Crippen molar-refractivity contribution in [3.8, 4) is 11.5 Å². The van der Waals surface area contributed by atoms with Gasteiger partial charge < -0.3 is 20.3 Å². The first-order valence-corrected chi connectivity index (χ1v) is 7.47. The maximum Gasteiger partial charge on any atom is 0.160 e. The lowest BCUT2D eigenvalue weighted by Gasteiger charge is -2.48. The number of hydrogen-bond donors (Lipinski definition) is 3. The van der Waals surface area contributed by atoms with E-state index in [0.29, 0.717) is 5.75 Å². The zero-order chi connectivity index (χ0) is 14.2. The molecule has 3 unspecified atom stereocenters. The third-order valence-electron chi connectivity index (χ3n) is 4.95. The molecule has 0 bridgehead atoms. The SMILES string of the molecule is COc1ccc(C2NCCC3(O)CCCCC23)cc1O. The normalized spacial score (nSPS) is 33.5. The molecule has 1 saturated carbocycles. The summed E-state index contributed by atoms with van der Waals surface area (Å²) in [4.78, 5) is 0. The van der Waals surface area contributed by atoms with Crippen LogP contribution in [0.3, 0.4) is 0 Å². The molecule has 1 aliphatic heterocycles. The van der Waals surface area contributed by atoms with Gasteiger partial charge in [0, 0.05) is 12.0 Å². The molecule has 3 N–H and O–H groups in total. The molecule has 1 aromatic rings. The van der Waals surface area contributed by atoms with Crippen LogP contribution in [-0.4, -0.2) is 29.5 Å². The minimum absolute atomic E-state index is 0.117. The Hall–Kier alpha value is -1.26. The fraction of sp³-hybridized carbons (Fsp3) is 0.625. The van der Waals surface area contributed by atoms with Gasteiger partial charge in [-0.25, -0.2) is 0 Å². The second-order valence-electron chi connectivity index (χ2n) is 6.07. The smallest absolute Gasteiger partial charge is 0.160 e. The van der Waals surface area contributed by atoms with Crippen molar-refractivity contribution in [1.29, 1.82) is 0 Å². The van der Waals surface area contributed by atoms with Crippen molar-refractivity contribution in [3.05, 3.63) is 23.8 Å². The maximum absolute atomic E-state index is 10.9. The van der Waals surface area contributed by atoms with Gasteiger partial charge in [0.1, 0.15) is 0 Å². The van der Waals surface area contributed by atoms with Crippen LogP contribution in [0.15, 0.2) is 18.2 Å². The highest BCUT2D eigenvalue weighted by Crippen LogP contribution is 2.46. The molecule has 0 aromatic heterocycles. The first kappa shape index (κ1) is 13.7. The molecule has 2 aliphatic rings. The van der Waals surface area contributed by atoms with Gasteiger partial charge in [0.15, 0.2) is 11.5 Å². The largest absolute Gasteiger partial charge is 0.504 e. The summed E-state index contributed by atoms with van der Waals surface area (Å²) >= 11 is 0. The van der Waals surface area contributed by atoms with E-state index < -0.39 is 5.60 Å². The topological polar surface area (TPSA) is 61.7 Å². The van der Waals surface area contributed by atoms with Crippen molar-refractivity contribution in [1.82, 2.24) is 5.32 Å². The molecule has 3 rings (SSSR count). The summed E-state index contributed by atoms with van der Waals surface area (Å²) in [6.45, 7) is 0.824. The van der Waals surface area contributed by atoms with Crippen LogP contribution in [-0.2, 0) is 0 Å². The quantitative estimate of drug-likeness (QED) is 0.776. The van der Waals surface area contributed by atoms with Crippen molar-refractivity contribution in [2.75, 3.05) is 13.7 Å². The molecule has 0 amide bonds. The number of fused-ring (bicyclic) bond motifs is 1. The first-order valence-electron chi connectivity index (χ1n) is 7.47. The summed E-state index contributed by atoms with van der Waals surface area (Å²) in [6, 6.07) is 5.65. The molecule has 2 fully saturated rings. The van der Waals surface area contributed by atoms with Crippen LogP contribution in [0.2, 0.25) is 0 Å². The molecule has 1 aliphatic carbocycles. The lowest BCUT2D eigenvalue weighted by Crippen LogP contribution is -2.53. The highest BCUT2D eigenvalue weighted by Gasteiger charge is 2.45. The van der Waals surface area contributed by atoms with Gasteiger partial charge in [-0.3, -0.25) is 0 Å². The summed E-state index contributed by atoms with van der Waals surface area (Å²) in [5, 5.41) is 24.3. The minimum Gasteiger partial charge on any atom is -0.504 e. The Labute approximate surface area is 119 Å². The van der Waals surface area contributed by atoms with Gasteiger partial charge in [0.2, 0.25) is 0 Å². The van der Waals surface area contributed by atoms with E-state index >= 15 is 0 Å². The maximum atomic E-state index is 10.9. The number of piperidine rings is 1. The molecule has 4 nitrogen and oxygen atoms in total. The number of phenols is 1. The Bertz CT molecular complexity index is 487. The van der Waals surface area contributed by atoms with Crippen LogP contribution in [0.4, 0.5) is 0 Å². The van der Waals surface area contributed by atoms with E-state index in [1.807, 2.05) is 6.07 Å². The zero-order valence-electron chi connectivity index (χ0n) is 11.9. The zero-order valence-corrected chi connectivity index (χ0v) is 11.9. The second kappa shape index (κ2) is 5.26. The third-order valence-corrected chi connectivity index (χ3v) is 4.95. The van der Waals surface area contributed by atoms with Crippen LogP contribution < -0.4 is 10.1 Å². The number of methoxy groups -OCH3 is 1. The first-order chi connectivity index (χ1) is 9.64. The molecule has 3 atom stereocenters. The van der Waals surface area contributed by atoms with Gasteiger partial charge in [0.25, 0.3) is 0 Å². The predicted octanol–water partition coefficient (Wildman–Crippen LogP) is 2.36. The standard InChI is InChI=1S/C16H23NO3/c1-20-14-6-5-11(10-13(14)18)15-12-4-2-3-7-16(12,19)8-9-17-15/h5-6,10,12,15,17-19H,2-4,7-9H2,1H3. The van der Waals surface area contributed by atoms with E-state index in [0.717, 1.165) is 37.8 Å². The van der Waals surface area contributed by atoms with Gasteiger partial charge in [-0.05, 0) is 43.5 Å². The molecule has 20 heavy (non-hydrogen) atoms. The van der Waals surface area contributed by atoms with Gasteiger partial charge in [-0.15, -0.1) is 0 Å². The minimum atomic E-state index is -0.538. The van der Waals surface area contributed by atoms with Crippen molar-refractivity contribution in [2.45, 2.75) is 43.7 Å². The number of rotatable bonds is 2. The van der Waals surface area contributed by atoms with Crippen LogP contribution >= 0.6 is 0 Å². The highest BCUT2D eigenvalue weighted by atomic mass is 16.5. The molecular formula is C16H23NO3. The predicted molar refractivity (Wildman–Crippen MR) is 76.9 cm³/mol. The fourth-order valence-electron chi connectivity index (χ4n) is 3.87. The lowest BCUT2D eigenvalue weighted by molar-refractivity contribution is -0.0861.